The molecule has 0 saturated carbocycles. The van der Waals surface area contributed by atoms with E-state index in [1.54, 1.807) is 47.2 Å². The topological polar surface area (TPSA) is 174 Å². The van der Waals surface area contributed by atoms with Crippen molar-refractivity contribution in [1.29, 1.82) is 0 Å². The Balaban J connectivity index is 0.000000222. The molecule has 0 aliphatic carbocycles. The van der Waals surface area contributed by atoms with Gasteiger partial charge in [0.25, 0.3) is 0 Å². The molecule has 15 nitrogen and oxygen atoms in total. The van der Waals surface area contributed by atoms with Crippen LogP contribution in [0.25, 0.3) is 0 Å². The fourth-order valence-electron chi connectivity index (χ4n) is 7.58. The van der Waals surface area contributed by atoms with Gasteiger partial charge in [0.15, 0.2) is 0 Å². The number of ether oxygens (including phenoxy) is 4. The number of rotatable bonds is 22. The standard InChI is InChI=1S/3C15H17NO2.C13H21NO2.C9H13NO2/c1-16(10-12-6-2-4-8-14(12)17)11-13-7-3-5-9-15(13)18;1-16(12-17-14-8-4-2-5-9-14)13-18-15-10-6-3-7-11-15;1-16(11-13-7-5-6-10-15(13)17)12-18-14-8-3-2-4-9-14;1-9-6-13(16-8-14(5)7-15)12(4)11(3)10(9)2;1-10(7-11)6-8-4-2-3-5-9(8)12/h2-9,17-18H,10-11H2,1H3;2-11H,12-13H2,1H3;2-10,17H,11-12H2,1H3;6,15H,7-8H2,1-5H3;2-5,11-12H,6-7H2,1H3. The van der Waals surface area contributed by atoms with Crippen molar-refractivity contribution < 1.29 is 49.6 Å². The highest BCUT2D eigenvalue weighted by Gasteiger charge is 2.11. The van der Waals surface area contributed by atoms with Crippen molar-refractivity contribution >= 4 is 0 Å². The molecule has 0 heterocycles. The van der Waals surface area contributed by atoms with E-state index in [2.05, 4.69) is 33.8 Å². The van der Waals surface area contributed by atoms with Gasteiger partial charge in [0, 0.05) is 48.4 Å². The Kier molecular flexibility index (Phi) is 30.0. The molecule has 0 fully saturated rings. The van der Waals surface area contributed by atoms with E-state index in [0.29, 0.717) is 70.4 Å². The molecule has 8 aromatic rings. The molecule has 0 amide bonds. The van der Waals surface area contributed by atoms with Crippen molar-refractivity contribution in [2.45, 2.75) is 53.9 Å². The van der Waals surface area contributed by atoms with E-state index in [9.17, 15) is 20.4 Å². The monoisotopic (exact) mass is 1120 g/mol. The van der Waals surface area contributed by atoms with Crippen LogP contribution >= 0.6 is 0 Å². The van der Waals surface area contributed by atoms with Crippen LogP contribution in [0.1, 0.15) is 44.5 Å². The predicted octanol–water partition coefficient (Wildman–Crippen LogP) is 11.5. The maximum Gasteiger partial charge on any atom is 0.144 e. The summed E-state index contributed by atoms with van der Waals surface area (Å²) < 4.78 is 22.5. The minimum atomic E-state index is -0.00562. The number of hydrogen-bond acceptors (Lipinski definition) is 15. The molecule has 0 radical (unpaired) electrons. The molecule has 0 atom stereocenters. The first-order chi connectivity index (χ1) is 39.5. The third-order valence-electron chi connectivity index (χ3n) is 12.7. The highest BCUT2D eigenvalue weighted by atomic mass is 16.5. The van der Waals surface area contributed by atoms with E-state index in [0.717, 1.165) is 45.3 Å². The first-order valence-corrected chi connectivity index (χ1v) is 26.9. The maximum atomic E-state index is 9.70. The van der Waals surface area contributed by atoms with E-state index >= 15 is 0 Å². The fourth-order valence-corrected chi connectivity index (χ4v) is 7.58. The molecule has 82 heavy (non-hydrogen) atoms. The number of aryl methyl sites for hydroxylation is 1. The maximum absolute atomic E-state index is 9.70. The Labute approximate surface area is 486 Å². The third-order valence-corrected chi connectivity index (χ3v) is 12.7. The lowest BCUT2D eigenvalue weighted by Gasteiger charge is -2.18. The van der Waals surface area contributed by atoms with Crippen molar-refractivity contribution in [3.05, 3.63) is 239 Å². The van der Waals surface area contributed by atoms with E-state index < -0.39 is 0 Å². The minimum absolute atomic E-state index is 0.00285. The molecule has 0 bridgehead atoms. The van der Waals surface area contributed by atoms with E-state index in [1.165, 1.54) is 22.3 Å². The van der Waals surface area contributed by atoms with Crippen LogP contribution < -0.4 is 18.9 Å². The fraction of sp³-hybridized carbons (Fsp3) is 0.284. The first-order valence-electron chi connectivity index (χ1n) is 26.9. The summed E-state index contributed by atoms with van der Waals surface area (Å²) in [5.74, 6) is 4.70. The number of nitrogens with zero attached hydrogens (tertiary/aromatic N) is 5. The van der Waals surface area contributed by atoms with Gasteiger partial charge in [0.05, 0.1) is 13.5 Å². The number of phenols is 4. The Morgan fingerprint density at radius 1 is 0.305 bits per heavy atom. The summed E-state index contributed by atoms with van der Waals surface area (Å²) in [6, 6.07) is 60.3. The highest BCUT2D eigenvalue weighted by molar-refractivity contribution is 5.47. The van der Waals surface area contributed by atoms with E-state index in [-0.39, 0.29) is 19.2 Å². The zero-order chi connectivity index (χ0) is 59.7. The molecule has 8 aromatic carbocycles. The van der Waals surface area contributed by atoms with Crippen LogP contribution in [-0.4, -0.2) is 131 Å². The molecule has 438 valence electrons. The van der Waals surface area contributed by atoms with Crippen LogP contribution in [0.15, 0.2) is 194 Å². The smallest absolute Gasteiger partial charge is 0.144 e. The van der Waals surface area contributed by atoms with E-state index in [1.807, 2.05) is 201 Å². The number of hydrogen-bond donors (Lipinski definition) is 6. The Hall–Kier alpha value is -8.12. The average molecular weight is 1120 g/mol. The van der Waals surface area contributed by atoms with Crippen LogP contribution in [-0.2, 0) is 26.2 Å². The molecule has 0 saturated heterocycles. The molecule has 0 aliphatic heterocycles. The molecule has 8 rings (SSSR count). The summed E-state index contributed by atoms with van der Waals surface area (Å²) in [5, 5.41) is 56.0. The Morgan fingerprint density at radius 2 is 0.598 bits per heavy atom. The van der Waals surface area contributed by atoms with Gasteiger partial charge < -0.3 is 49.6 Å². The molecular weight excluding hydrogens is 1030 g/mol. The second kappa shape index (κ2) is 37.0. The number of phenolic OH excluding ortho intramolecular Hbond substituents is 4. The average Bonchev–Trinajstić information content (AvgIpc) is 3.49. The molecule has 6 N–H and O–H groups in total. The summed E-state index contributed by atoms with van der Waals surface area (Å²) in [5.41, 5.74) is 8.51. The first kappa shape index (κ1) is 66.4. The summed E-state index contributed by atoms with van der Waals surface area (Å²) in [4.78, 5) is 9.41. The Bertz CT molecular complexity index is 2920. The van der Waals surface area contributed by atoms with Crippen LogP contribution in [0, 0.1) is 27.7 Å². The van der Waals surface area contributed by atoms with Gasteiger partial charge in [0.2, 0.25) is 0 Å². The number of aliphatic hydroxyl groups is 2. The van der Waals surface area contributed by atoms with Crippen molar-refractivity contribution in [2.75, 3.05) is 75.6 Å². The molecule has 0 spiro atoms. The summed E-state index contributed by atoms with van der Waals surface area (Å²) >= 11 is 0. The van der Waals surface area contributed by atoms with Gasteiger partial charge in [-0.25, -0.2) is 4.90 Å². The van der Waals surface area contributed by atoms with Crippen molar-refractivity contribution in [2.24, 2.45) is 0 Å². The second-order valence-corrected chi connectivity index (χ2v) is 19.8. The van der Waals surface area contributed by atoms with Crippen LogP contribution in [0.2, 0.25) is 0 Å². The van der Waals surface area contributed by atoms with Gasteiger partial charge in [0.1, 0.15) is 72.9 Å². The molecular formula is C67H85N5O10. The summed E-state index contributed by atoms with van der Waals surface area (Å²) in [7, 11) is 9.45. The SMILES string of the molecule is CN(CO)Cc1ccccc1O.CN(COc1ccccc1)COc1ccccc1.CN(COc1ccccc1)Cc1ccccc1O.CN(Cc1ccccc1O)Cc1ccccc1O.Cc1cc(OCN(C)CO)c(C)c(C)c1C. The number of aliphatic hydroxyl groups excluding tert-OH is 2. The summed E-state index contributed by atoms with van der Waals surface area (Å²) in [6.07, 6.45) is 0. The lowest BCUT2D eigenvalue weighted by Crippen LogP contribution is -2.27. The third kappa shape index (κ3) is 25.1. The zero-order valence-corrected chi connectivity index (χ0v) is 49.1. The van der Waals surface area contributed by atoms with Crippen LogP contribution in [0.3, 0.4) is 0 Å². The van der Waals surface area contributed by atoms with Gasteiger partial charge in [-0.3, -0.25) is 19.6 Å². The summed E-state index contributed by atoms with van der Waals surface area (Å²) in [6.45, 7) is 12.8. The van der Waals surface area contributed by atoms with Crippen molar-refractivity contribution in [3.8, 4) is 46.0 Å². The normalized spacial score (nSPS) is 10.6. The highest BCUT2D eigenvalue weighted by Crippen LogP contribution is 2.27. The molecule has 15 heteroatoms. The van der Waals surface area contributed by atoms with Crippen LogP contribution in [0.4, 0.5) is 0 Å². The number of para-hydroxylation sites is 7. The quantitative estimate of drug-likeness (QED) is 0.0354. The van der Waals surface area contributed by atoms with E-state index in [4.69, 9.17) is 29.2 Å². The van der Waals surface area contributed by atoms with Crippen molar-refractivity contribution in [3.63, 3.8) is 0 Å². The number of benzene rings is 8. The minimum Gasteiger partial charge on any atom is -0.508 e. The van der Waals surface area contributed by atoms with Gasteiger partial charge in [-0.1, -0.05) is 127 Å². The predicted molar refractivity (Wildman–Crippen MR) is 327 cm³/mol. The van der Waals surface area contributed by atoms with Crippen molar-refractivity contribution in [1.82, 2.24) is 24.5 Å². The number of aromatic hydroxyl groups is 4. The van der Waals surface area contributed by atoms with Gasteiger partial charge in [-0.2, -0.15) is 0 Å². The molecule has 0 aromatic heterocycles. The van der Waals surface area contributed by atoms with Crippen LogP contribution in [0.5, 0.6) is 46.0 Å². The second-order valence-electron chi connectivity index (χ2n) is 19.8. The zero-order valence-electron chi connectivity index (χ0n) is 49.1. The van der Waals surface area contributed by atoms with Gasteiger partial charge in [-0.05, 0) is 152 Å². The largest absolute Gasteiger partial charge is 0.508 e. The Morgan fingerprint density at radius 3 is 0.939 bits per heavy atom. The lowest BCUT2D eigenvalue weighted by molar-refractivity contribution is 0.0629. The lowest BCUT2D eigenvalue weighted by atomic mass is 9.99. The molecule has 0 aliphatic rings. The molecule has 0 unspecified atom stereocenters. The van der Waals surface area contributed by atoms with Gasteiger partial charge >= 0.3 is 0 Å². The van der Waals surface area contributed by atoms with Gasteiger partial charge in [-0.15, -0.1) is 0 Å².